The van der Waals surface area contributed by atoms with Crippen LogP contribution >= 0.6 is 0 Å². The topological polar surface area (TPSA) is 41.6 Å². The zero-order chi connectivity index (χ0) is 13.0. The molecule has 1 N–H and O–H groups in total. The lowest BCUT2D eigenvalue weighted by Crippen LogP contribution is -2.19. The molecular weight excluding hydrogens is 235 g/mol. The zero-order valence-electron chi connectivity index (χ0n) is 10.4. The predicted molar refractivity (Wildman–Crippen MR) is 68.5 cm³/mol. The molecule has 5 heteroatoms. The van der Waals surface area contributed by atoms with Crippen molar-refractivity contribution in [1.82, 2.24) is 0 Å². The molecule has 1 aliphatic rings. The largest absolute Gasteiger partial charge is 0.450 e. The van der Waals surface area contributed by atoms with Crippen molar-refractivity contribution in [3.05, 3.63) is 24.0 Å². The molecule has 0 aromatic heterocycles. The normalized spacial score (nSPS) is 14.7. The average Bonchev–Trinajstić information content (AvgIpc) is 2.82. The molecule has 0 atom stereocenters. The highest BCUT2D eigenvalue weighted by Gasteiger charge is 2.16. The van der Waals surface area contributed by atoms with E-state index in [-0.39, 0.29) is 5.82 Å². The number of carbonyl (C=O) groups excluding carboxylic acids is 1. The molecule has 1 fully saturated rings. The Bertz CT molecular complexity index is 431. The van der Waals surface area contributed by atoms with Crippen LogP contribution in [0, 0.1) is 5.82 Å². The molecule has 4 nitrogen and oxygen atoms in total. The van der Waals surface area contributed by atoms with Gasteiger partial charge in [-0.05, 0) is 38.0 Å². The van der Waals surface area contributed by atoms with Crippen molar-refractivity contribution >= 4 is 17.5 Å². The molecule has 98 valence electrons. The lowest BCUT2D eigenvalue weighted by atomic mass is 10.2. The summed E-state index contributed by atoms with van der Waals surface area (Å²) >= 11 is 0. The number of ether oxygens (including phenoxy) is 1. The van der Waals surface area contributed by atoms with Crippen LogP contribution in [0.2, 0.25) is 0 Å². The number of anilines is 2. The summed E-state index contributed by atoms with van der Waals surface area (Å²) in [6.07, 6.45) is 1.63. The summed E-state index contributed by atoms with van der Waals surface area (Å²) in [6, 6.07) is 4.71. The van der Waals surface area contributed by atoms with Crippen molar-refractivity contribution < 1.29 is 13.9 Å². The Hall–Kier alpha value is -1.78. The van der Waals surface area contributed by atoms with E-state index in [1.165, 1.54) is 6.07 Å². The van der Waals surface area contributed by atoms with E-state index in [4.69, 9.17) is 4.74 Å². The molecule has 0 aliphatic carbocycles. The highest BCUT2D eigenvalue weighted by Crippen LogP contribution is 2.26. The zero-order valence-corrected chi connectivity index (χ0v) is 10.4. The summed E-state index contributed by atoms with van der Waals surface area (Å²) in [5.74, 6) is -0.314. The maximum absolute atomic E-state index is 13.9. The first kappa shape index (κ1) is 12.7. The Morgan fingerprint density at radius 2 is 2.17 bits per heavy atom. The van der Waals surface area contributed by atoms with Crippen LogP contribution < -0.4 is 10.2 Å². The van der Waals surface area contributed by atoms with Gasteiger partial charge in [0.05, 0.1) is 12.3 Å². The van der Waals surface area contributed by atoms with E-state index >= 15 is 0 Å². The fourth-order valence-corrected chi connectivity index (χ4v) is 2.08. The monoisotopic (exact) mass is 252 g/mol. The molecule has 1 aromatic carbocycles. The lowest BCUT2D eigenvalue weighted by molar-refractivity contribution is 0.168. The number of amides is 1. The lowest BCUT2D eigenvalue weighted by Gasteiger charge is -2.18. The van der Waals surface area contributed by atoms with Crippen LogP contribution in [-0.4, -0.2) is 25.8 Å². The first-order valence-corrected chi connectivity index (χ1v) is 6.19. The summed E-state index contributed by atoms with van der Waals surface area (Å²) < 4.78 is 18.6. The van der Waals surface area contributed by atoms with Crippen LogP contribution in [0.4, 0.5) is 20.6 Å². The van der Waals surface area contributed by atoms with Crippen molar-refractivity contribution in [1.29, 1.82) is 0 Å². The fraction of sp³-hybridized carbons (Fsp3) is 0.462. The second-order valence-corrected chi connectivity index (χ2v) is 4.21. The number of rotatable bonds is 3. The van der Waals surface area contributed by atoms with Gasteiger partial charge in [-0.1, -0.05) is 0 Å². The van der Waals surface area contributed by atoms with E-state index in [0.717, 1.165) is 25.9 Å². The Kier molecular flexibility index (Phi) is 4.02. The SMILES string of the molecule is CCOC(=O)Nc1ccc(N2CCCC2)c(F)c1. The van der Waals surface area contributed by atoms with Crippen molar-refractivity contribution in [2.24, 2.45) is 0 Å². The summed E-state index contributed by atoms with van der Waals surface area (Å²) in [5.41, 5.74) is 1.01. The van der Waals surface area contributed by atoms with E-state index < -0.39 is 6.09 Å². The third kappa shape index (κ3) is 2.91. The van der Waals surface area contributed by atoms with Gasteiger partial charge in [0.2, 0.25) is 0 Å². The van der Waals surface area contributed by atoms with E-state index in [1.807, 2.05) is 4.90 Å². The maximum atomic E-state index is 13.9. The van der Waals surface area contributed by atoms with Crippen molar-refractivity contribution in [2.75, 3.05) is 29.9 Å². The van der Waals surface area contributed by atoms with Gasteiger partial charge in [0.1, 0.15) is 5.82 Å². The standard InChI is InChI=1S/C13H17FN2O2/c1-2-18-13(17)15-10-5-6-12(11(14)9-10)16-7-3-4-8-16/h5-6,9H,2-4,7-8H2,1H3,(H,15,17). The second-order valence-electron chi connectivity index (χ2n) is 4.21. The number of benzene rings is 1. The number of hydrogen-bond acceptors (Lipinski definition) is 3. The van der Waals surface area contributed by atoms with E-state index in [9.17, 15) is 9.18 Å². The third-order valence-corrected chi connectivity index (χ3v) is 2.92. The molecule has 0 spiro atoms. The van der Waals surface area contributed by atoms with Crippen LogP contribution in [-0.2, 0) is 4.74 Å². The molecule has 1 saturated heterocycles. The summed E-state index contributed by atoms with van der Waals surface area (Å²) in [7, 11) is 0. The smallest absolute Gasteiger partial charge is 0.411 e. The fourth-order valence-electron chi connectivity index (χ4n) is 2.08. The Balaban J connectivity index is 2.07. The Morgan fingerprint density at radius 1 is 1.44 bits per heavy atom. The van der Waals surface area contributed by atoms with Gasteiger partial charge in [0, 0.05) is 18.8 Å². The molecule has 18 heavy (non-hydrogen) atoms. The number of nitrogens with zero attached hydrogens (tertiary/aromatic N) is 1. The van der Waals surface area contributed by atoms with E-state index in [0.29, 0.717) is 18.0 Å². The van der Waals surface area contributed by atoms with E-state index in [1.54, 1.807) is 19.1 Å². The van der Waals surface area contributed by atoms with Crippen molar-refractivity contribution in [3.8, 4) is 0 Å². The molecular formula is C13H17FN2O2. The molecule has 0 bridgehead atoms. The summed E-state index contributed by atoms with van der Waals surface area (Å²) in [6.45, 7) is 3.79. The summed E-state index contributed by atoms with van der Waals surface area (Å²) in [4.78, 5) is 13.2. The van der Waals surface area contributed by atoms with Gasteiger partial charge in [-0.2, -0.15) is 0 Å². The first-order valence-electron chi connectivity index (χ1n) is 6.19. The van der Waals surface area contributed by atoms with Crippen LogP contribution in [0.3, 0.4) is 0 Å². The minimum atomic E-state index is -0.564. The van der Waals surface area contributed by atoms with Crippen LogP contribution in [0.5, 0.6) is 0 Å². The highest BCUT2D eigenvalue weighted by atomic mass is 19.1. The van der Waals surface area contributed by atoms with E-state index in [2.05, 4.69) is 5.32 Å². The van der Waals surface area contributed by atoms with Gasteiger partial charge in [-0.15, -0.1) is 0 Å². The molecule has 1 heterocycles. The van der Waals surface area contributed by atoms with Gasteiger partial charge in [0.15, 0.2) is 0 Å². The van der Waals surface area contributed by atoms with Gasteiger partial charge in [0.25, 0.3) is 0 Å². The molecule has 0 radical (unpaired) electrons. The van der Waals surface area contributed by atoms with Crippen molar-refractivity contribution in [3.63, 3.8) is 0 Å². The van der Waals surface area contributed by atoms with Crippen molar-refractivity contribution in [2.45, 2.75) is 19.8 Å². The van der Waals surface area contributed by atoms with Gasteiger partial charge in [-0.3, -0.25) is 5.32 Å². The molecule has 1 aliphatic heterocycles. The number of hydrogen-bond donors (Lipinski definition) is 1. The molecule has 0 unspecified atom stereocenters. The minimum absolute atomic E-state index is 0.292. The molecule has 0 saturated carbocycles. The number of nitrogens with one attached hydrogen (secondary N) is 1. The Labute approximate surface area is 106 Å². The van der Waals surface area contributed by atoms with Crippen LogP contribution in [0.1, 0.15) is 19.8 Å². The summed E-state index contributed by atoms with van der Waals surface area (Å²) in [5, 5.41) is 2.48. The average molecular weight is 252 g/mol. The number of halogens is 1. The van der Waals surface area contributed by atoms with Crippen LogP contribution in [0.25, 0.3) is 0 Å². The third-order valence-electron chi connectivity index (χ3n) is 2.92. The molecule has 1 aromatic rings. The van der Waals surface area contributed by atoms with Gasteiger partial charge in [-0.25, -0.2) is 9.18 Å². The highest BCUT2D eigenvalue weighted by molar-refractivity contribution is 5.84. The van der Waals surface area contributed by atoms with Gasteiger partial charge < -0.3 is 9.64 Å². The van der Waals surface area contributed by atoms with Gasteiger partial charge >= 0.3 is 6.09 Å². The minimum Gasteiger partial charge on any atom is -0.450 e. The first-order chi connectivity index (χ1) is 8.70. The number of carbonyl (C=O) groups is 1. The quantitative estimate of drug-likeness (QED) is 0.899. The van der Waals surface area contributed by atoms with Crippen LogP contribution in [0.15, 0.2) is 18.2 Å². The molecule has 1 amide bonds. The second kappa shape index (κ2) is 5.71. The predicted octanol–water partition coefficient (Wildman–Crippen LogP) is 2.99. The molecule has 2 rings (SSSR count). The maximum Gasteiger partial charge on any atom is 0.411 e. The Morgan fingerprint density at radius 3 is 2.78 bits per heavy atom.